The van der Waals surface area contributed by atoms with Crippen LogP contribution < -0.4 is 11.2 Å². The van der Waals surface area contributed by atoms with Crippen molar-refractivity contribution in [2.24, 2.45) is 7.05 Å². The van der Waals surface area contributed by atoms with Crippen molar-refractivity contribution in [3.63, 3.8) is 0 Å². The third-order valence-electron chi connectivity index (χ3n) is 5.46. The van der Waals surface area contributed by atoms with Crippen LogP contribution in [0.25, 0.3) is 16.9 Å². The van der Waals surface area contributed by atoms with Crippen molar-refractivity contribution in [1.29, 1.82) is 0 Å². The average molecular weight is 373 g/mol. The molecule has 144 valence electrons. The fourth-order valence-electron chi connectivity index (χ4n) is 3.41. The molecule has 3 rings (SSSR count). The van der Waals surface area contributed by atoms with Crippen molar-refractivity contribution in [3.8, 4) is 0 Å². The third-order valence-corrected chi connectivity index (χ3v) is 5.46. The summed E-state index contributed by atoms with van der Waals surface area (Å²) in [5.41, 5.74) is 0.824. The molecule has 3 aromatic heterocycles. The Labute approximate surface area is 154 Å². The Bertz CT molecular complexity index is 1240. The molecule has 0 aliphatic rings. The zero-order valence-corrected chi connectivity index (χ0v) is 16.5. The molecule has 2 atom stereocenters. The molecule has 3 aromatic rings. The summed E-state index contributed by atoms with van der Waals surface area (Å²) in [7, 11) is 1.51. The van der Waals surface area contributed by atoms with Gasteiger partial charge in [-0.15, -0.1) is 0 Å². The quantitative estimate of drug-likeness (QED) is 0.681. The van der Waals surface area contributed by atoms with Gasteiger partial charge in [-0.3, -0.25) is 23.4 Å². The number of Topliss-reactive ketones (excluding diaryl/α,β-unsaturated/α-hetero) is 2. The molecule has 0 radical (unpaired) electrons. The first-order chi connectivity index (χ1) is 12.5. The Balaban J connectivity index is 2.58. The number of aromatic nitrogens is 5. The average Bonchev–Trinajstić information content (AvgIpc) is 3.08. The van der Waals surface area contributed by atoms with Gasteiger partial charge in [0.25, 0.3) is 5.56 Å². The molecule has 0 N–H and O–H groups in total. The van der Waals surface area contributed by atoms with Gasteiger partial charge in [0.1, 0.15) is 0 Å². The molecule has 0 saturated carbocycles. The number of rotatable bonds is 4. The monoisotopic (exact) mass is 373 g/mol. The van der Waals surface area contributed by atoms with Crippen LogP contribution in [-0.4, -0.2) is 34.7 Å². The molecule has 0 amide bonds. The first-order valence-electron chi connectivity index (χ1n) is 8.72. The highest BCUT2D eigenvalue weighted by Crippen LogP contribution is 2.24. The van der Waals surface area contributed by atoms with Crippen LogP contribution in [0, 0.1) is 13.8 Å². The summed E-state index contributed by atoms with van der Waals surface area (Å²) < 4.78 is 5.65. The fourth-order valence-corrected chi connectivity index (χ4v) is 3.41. The van der Waals surface area contributed by atoms with Crippen LogP contribution in [0.15, 0.2) is 9.59 Å². The summed E-state index contributed by atoms with van der Waals surface area (Å²) in [6.07, 6.45) is 0. The summed E-state index contributed by atoms with van der Waals surface area (Å²) >= 11 is 0. The van der Waals surface area contributed by atoms with E-state index in [4.69, 9.17) is 0 Å². The number of ketones is 2. The first-order valence-corrected chi connectivity index (χ1v) is 8.72. The van der Waals surface area contributed by atoms with E-state index in [0.29, 0.717) is 5.78 Å². The Morgan fingerprint density at radius 1 is 0.926 bits per heavy atom. The van der Waals surface area contributed by atoms with Gasteiger partial charge < -0.3 is 4.57 Å². The molecule has 0 aromatic carbocycles. The molecule has 0 spiro atoms. The van der Waals surface area contributed by atoms with Gasteiger partial charge in [0.2, 0.25) is 5.78 Å². The van der Waals surface area contributed by atoms with Crippen molar-refractivity contribution in [1.82, 2.24) is 23.1 Å². The van der Waals surface area contributed by atoms with E-state index in [-0.39, 0.29) is 22.7 Å². The number of fused-ring (bicyclic) bond motifs is 3. The van der Waals surface area contributed by atoms with Crippen LogP contribution in [0.4, 0.5) is 0 Å². The molecule has 0 saturated heterocycles. The Kier molecular flexibility index (Phi) is 4.21. The minimum atomic E-state index is -0.884. The van der Waals surface area contributed by atoms with Gasteiger partial charge >= 0.3 is 5.69 Å². The maximum Gasteiger partial charge on any atom is 0.333 e. The standard InChI is InChI=1S/C18H23N5O4/c1-8-9(2)22-14-15(19-17(22)21(8)10(3)12(5)24)20(7)18(27)23(16(14)26)11(4)13(6)25/h10-11H,1-7H3/t10-,11+/m0/s1. The smallest absolute Gasteiger partial charge is 0.304 e. The fraction of sp³-hybridized carbons (Fsp3) is 0.500. The van der Waals surface area contributed by atoms with E-state index in [0.717, 1.165) is 16.0 Å². The van der Waals surface area contributed by atoms with Gasteiger partial charge in [0.15, 0.2) is 22.7 Å². The molecule has 27 heavy (non-hydrogen) atoms. The lowest BCUT2D eigenvalue weighted by molar-refractivity contribution is -0.120. The molecule has 0 aliphatic carbocycles. The molecular formula is C18H23N5O4. The highest BCUT2D eigenvalue weighted by atomic mass is 16.2. The summed E-state index contributed by atoms with van der Waals surface area (Å²) in [6, 6.07) is -1.35. The van der Waals surface area contributed by atoms with Crippen LogP contribution >= 0.6 is 0 Å². The van der Waals surface area contributed by atoms with Crippen LogP contribution in [0.1, 0.15) is 51.2 Å². The van der Waals surface area contributed by atoms with E-state index in [1.165, 1.54) is 32.4 Å². The second-order valence-corrected chi connectivity index (χ2v) is 7.05. The van der Waals surface area contributed by atoms with E-state index in [9.17, 15) is 19.2 Å². The van der Waals surface area contributed by atoms with Gasteiger partial charge in [0.05, 0.1) is 12.1 Å². The van der Waals surface area contributed by atoms with E-state index < -0.39 is 23.3 Å². The largest absolute Gasteiger partial charge is 0.333 e. The van der Waals surface area contributed by atoms with Crippen LogP contribution in [-0.2, 0) is 16.6 Å². The maximum atomic E-state index is 13.2. The van der Waals surface area contributed by atoms with Gasteiger partial charge in [-0.05, 0) is 41.5 Å². The van der Waals surface area contributed by atoms with E-state index in [1.807, 2.05) is 13.8 Å². The lowest BCUT2D eigenvalue weighted by Crippen LogP contribution is -2.42. The van der Waals surface area contributed by atoms with Crippen LogP contribution in [0.2, 0.25) is 0 Å². The normalized spacial score (nSPS) is 14.0. The first kappa shape index (κ1) is 18.8. The van der Waals surface area contributed by atoms with Crippen molar-refractivity contribution in [2.75, 3.05) is 0 Å². The number of aryl methyl sites for hydroxylation is 2. The molecular weight excluding hydrogens is 350 g/mol. The van der Waals surface area contributed by atoms with E-state index >= 15 is 0 Å². The molecule has 0 bridgehead atoms. The van der Waals surface area contributed by atoms with E-state index in [2.05, 4.69) is 4.98 Å². The zero-order chi connectivity index (χ0) is 20.4. The Morgan fingerprint density at radius 3 is 1.96 bits per heavy atom. The van der Waals surface area contributed by atoms with Gasteiger partial charge in [-0.2, -0.15) is 4.98 Å². The molecule has 3 heterocycles. The highest BCUT2D eigenvalue weighted by molar-refractivity contribution is 5.83. The van der Waals surface area contributed by atoms with Crippen LogP contribution in [0.3, 0.4) is 0 Å². The van der Waals surface area contributed by atoms with Crippen LogP contribution in [0.5, 0.6) is 0 Å². The van der Waals surface area contributed by atoms with Crippen molar-refractivity contribution in [2.45, 2.75) is 53.6 Å². The summed E-state index contributed by atoms with van der Waals surface area (Å²) in [5, 5.41) is 0. The van der Waals surface area contributed by atoms with Crippen molar-refractivity contribution < 1.29 is 9.59 Å². The van der Waals surface area contributed by atoms with Gasteiger partial charge in [0, 0.05) is 18.4 Å². The minimum absolute atomic E-state index is 0.0424. The second kappa shape index (κ2) is 6.04. The Hall–Kier alpha value is -2.97. The predicted octanol–water partition coefficient (Wildman–Crippen LogP) is 1.07. The minimum Gasteiger partial charge on any atom is -0.304 e. The van der Waals surface area contributed by atoms with Crippen molar-refractivity contribution in [3.05, 3.63) is 32.2 Å². The second-order valence-electron chi connectivity index (χ2n) is 7.05. The lowest BCUT2D eigenvalue weighted by atomic mass is 10.2. The number of imidazole rings is 2. The SMILES string of the molecule is CC(=O)[C@@H](C)n1c(=O)c2c(nc3n([C@@H](C)C(C)=O)c(C)c(C)n23)n(C)c1=O. The zero-order valence-electron chi connectivity index (χ0n) is 16.5. The molecule has 0 unspecified atom stereocenters. The highest BCUT2D eigenvalue weighted by Gasteiger charge is 2.27. The summed E-state index contributed by atoms with van der Waals surface area (Å²) in [4.78, 5) is 54.1. The molecule has 9 heteroatoms. The number of nitrogens with zero attached hydrogens (tertiary/aromatic N) is 5. The Morgan fingerprint density at radius 2 is 1.44 bits per heavy atom. The number of hydrogen-bond donors (Lipinski definition) is 0. The van der Waals surface area contributed by atoms with E-state index in [1.54, 1.807) is 15.9 Å². The topological polar surface area (TPSA) is 100 Å². The predicted molar refractivity (Wildman–Crippen MR) is 100 cm³/mol. The number of carbonyl (C=O) groups excluding carboxylic acids is 2. The molecule has 0 aliphatic heterocycles. The maximum absolute atomic E-state index is 13.2. The summed E-state index contributed by atoms with van der Waals surface area (Å²) in [5.74, 6) is 0.0900. The number of hydrogen-bond acceptors (Lipinski definition) is 5. The van der Waals surface area contributed by atoms with Gasteiger partial charge in [-0.1, -0.05) is 0 Å². The molecule has 0 fully saturated rings. The lowest BCUT2D eigenvalue weighted by Gasteiger charge is -2.13. The third kappa shape index (κ3) is 2.41. The number of carbonyl (C=O) groups is 2. The van der Waals surface area contributed by atoms with Gasteiger partial charge in [-0.25, -0.2) is 9.36 Å². The van der Waals surface area contributed by atoms with Crippen molar-refractivity contribution >= 4 is 28.5 Å². The summed E-state index contributed by atoms with van der Waals surface area (Å²) in [6.45, 7) is 9.81. The molecule has 9 nitrogen and oxygen atoms in total.